The number of quaternary nitrogens is 1. The molecule has 0 aromatic heterocycles. The fourth-order valence-corrected chi connectivity index (χ4v) is 5.49. The normalized spacial score (nSPS) is 17.9. The van der Waals surface area contributed by atoms with E-state index in [1.54, 1.807) is 7.11 Å². The van der Waals surface area contributed by atoms with Gasteiger partial charge in [0.05, 0.1) is 33.5 Å². The fraction of sp³-hybridized carbons (Fsp3) is 1.00. The highest BCUT2D eigenvalue weighted by Gasteiger charge is 2.28. The molecule has 1 aliphatic heterocycles. The second-order valence-corrected chi connectivity index (χ2v) is 12.7. The molecule has 1 fully saturated rings. The summed E-state index contributed by atoms with van der Waals surface area (Å²) < 4.78 is 39.7. The van der Waals surface area contributed by atoms with Crippen LogP contribution >= 0.6 is 7.82 Å². The Labute approximate surface area is 234 Å². The van der Waals surface area contributed by atoms with Crippen molar-refractivity contribution in [3.8, 4) is 0 Å². The lowest BCUT2D eigenvalue weighted by Crippen LogP contribution is -2.53. The summed E-state index contributed by atoms with van der Waals surface area (Å²) in [6, 6.07) is 0. The lowest BCUT2D eigenvalue weighted by molar-refractivity contribution is -0.916. The number of phosphoric acid groups is 1. The predicted molar refractivity (Wildman–Crippen MR) is 154 cm³/mol. The van der Waals surface area contributed by atoms with Crippen LogP contribution in [-0.4, -0.2) is 88.9 Å². The Bertz CT molecular complexity index is 575. The highest BCUT2D eigenvalue weighted by molar-refractivity contribution is 7.47. The Morgan fingerprint density at radius 3 is 1.76 bits per heavy atom. The third-order valence-corrected chi connectivity index (χ3v) is 8.62. The van der Waals surface area contributed by atoms with Crippen molar-refractivity contribution in [2.45, 2.75) is 116 Å². The number of morpholine rings is 1. The Kier molecular flexibility index (Phi) is 22.4. The minimum atomic E-state index is -4.11. The Morgan fingerprint density at radius 1 is 0.763 bits per heavy atom. The summed E-state index contributed by atoms with van der Waals surface area (Å²) in [5.74, 6) is 0. The first kappa shape index (κ1) is 36.0. The average Bonchev–Trinajstić information content (AvgIpc) is 2.90. The van der Waals surface area contributed by atoms with Gasteiger partial charge in [-0.25, -0.2) is 4.57 Å². The van der Waals surface area contributed by atoms with E-state index in [0.29, 0.717) is 33.0 Å². The Balaban J connectivity index is 1.90. The molecule has 1 heterocycles. The van der Waals surface area contributed by atoms with Gasteiger partial charge in [0.25, 0.3) is 0 Å². The maximum absolute atomic E-state index is 12.2. The molecule has 1 rings (SSSR count). The van der Waals surface area contributed by atoms with Crippen LogP contribution in [0, 0.1) is 0 Å². The zero-order valence-corrected chi connectivity index (χ0v) is 25.9. The van der Waals surface area contributed by atoms with Gasteiger partial charge < -0.3 is 23.6 Å². The molecule has 0 saturated carbocycles. The van der Waals surface area contributed by atoms with E-state index in [0.717, 1.165) is 24.0 Å². The molecule has 0 amide bonds. The maximum Gasteiger partial charge on any atom is 0.472 e. The van der Waals surface area contributed by atoms with Crippen molar-refractivity contribution in [2.75, 3.05) is 73.4 Å². The van der Waals surface area contributed by atoms with E-state index in [2.05, 4.69) is 14.0 Å². The van der Waals surface area contributed by atoms with Crippen LogP contribution in [0.15, 0.2) is 0 Å². The van der Waals surface area contributed by atoms with E-state index < -0.39 is 13.9 Å². The van der Waals surface area contributed by atoms with Gasteiger partial charge in [-0.2, -0.15) is 0 Å². The largest absolute Gasteiger partial charge is 0.472 e. The van der Waals surface area contributed by atoms with Gasteiger partial charge in [-0.1, -0.05) is 103 Å². The van der Waals surface area contributed by atoms with Crippen molar-refractivity contribution in [1.82, 2.24) is 0 Å². The number of unbranched alkanes of at least 4 members (excludes halogenated alkanes) is 15. The van der Waals surface area contributed by atoms with E-state index in [-0.39, 0.29) is 13.2 Å². The number of rotatable bonds is 27. The summed E-state index contributed by atoms with van der Waals surface area (Å²) in [6.07, 6.45) is 21.2. The molecule has 1 aliphatic rings. The minimum absolute atomic E-state index is 0.0385. The number of hydrogen-bond acceptors (Lipinski definition) is 6. The summed E-state index contributed by atoms with van der Waals surface area (Å²) in [6.45, 7) is 7.23. The summed E-state index contributed by atoms with van der Waals surface area (Å²) in [4.78, 5) is 9.98. The number of ether oxygens (including phenoxy) is 3. The van der Waals surface area contributed by atoms with Gasteiger partial charge in [-0.05, 0) is 6.42 Å². The molecule has 0 radical (unpaired) electrons. The number of likely N-dealkylation sites (N-methyl/N-ethyl adjacent to an activating group) is 1. The van der Waals surface area contributed by atoms with Gasteiger partial charge in [-0.15, -0.1) is 0 Å². The van der Waals surface area contributed by atoms with Crippen LogP contribution in [0.4, 0.5) is 0 Å². The second-order valence-electron chi connectivity index (χ2n) is 11.2. The van der Waals surface area contributed by atoms with E-state index in [4.69, 9.17) is 23.3 Å². The minimum Gasteiger partial charge on any atom is -0.379 e. The van der Waals surface area contributed by atoms with Crippen molar-refractivity contribution in [2.24, 2.45) is 0 Å². The predicted octanol–water partition coefficient (Wildman–Crippen LogP) is 6.89. The molecule has 38 heavy (non-hydrogen) atoms. The van der Waals surface area contributed by atoms with Crippen LogP contribution in [0.2, 0.25) is 0 Å². The fourth-order valence-electron chi connectivity index (χ4n) is 4.75. The molecule has 0 aromatic carbocycles. The van der Waals surface area contributed by atoms with Gasteiger partial charge in [0.1, 0.15) is 32.3 Å². The van der Waals surface area contributed by atoms with Crippen LogP contribution in [0.5, 0.6) is 0 Å². The zero-order valence-electron chi connectivity index (χ0n) is 25.0. The van der Waals surface area contributed by atoms with Crippen LogP contribution in [0.25, 0.3) is 0 Å². The van der Waals surface area contributed by atoms with Crippen molar-refractivity contribution in [3.05, 3.63) is 0 Å². The molecule has 8 nitrogen and oxygen atoms in total. The molecule has 228 valence electrons. The van der Waals surface area contributed by atoms with Gasteiger partial charge in [0.2, 0.25) is 0 Å². The Morgan fingerprint density at radius 2 is 1.26 bits per heavy atom. The van der Waals surface area contributed by atoms with E-state index in [9.17, 15) is 9.46 Å². The molecular weight excluding hydrogens is 505 g/mol. The second kappa shape index (κ2) is 23.6. The van der Waals surface area contributed by atoms with Crippen LogP contribution in [-0.2, 0) is 27.8 Å². The molecule has 9 heteroatoms. The first-order valence-electron chi connectivity index (χ1n) is 15.5. The summed E-state index contributed by atoms with van der Waals surface area (Å²) in [5, 5.41) is 0. The van der Waals surface area contributed by atoms with Gasteiger partial charge in [0.15, 0.2) is 0 Å². The van der Waals surface area contributed by atoms with Crippen molar-refractivity contribution < 1.29 is 37.2 Å². The highest BCUT2D eigenvalue weighted by Crippen LogP contribution is 2.43. The molecular formula is C29H61NO7P+. The molecule has 1 saturated heterocycles. The lowest BCUT2D eigenvalue weighted by atomic mass is 10.0. The van der Waals surface area contributed by atoms with Crippen molar-refractivity contribution in [3.63, 3.8) is 0 Å². The number of nitrogens with zero attached hydrogens (tertiary/aromatic N) is 1. The number of hydrogen-bond donors (Lipinski definition) is 1. The van der Waals surface area contributed by atoms with E-state index >= 15 is 0 Å². The number of methoxy groups -OCH3 is 1. The lowest BCUT2D eigenvalue weighted by Gasteiger charge is -2.37. The molecule has 0 spiro atoms. The van der Waals surface area contributed by atoms with Crippen LogP contribution < -0.4 is 0 Å². The first-order chi connectivity index (χ1) is 18.4. The van der Waals surface area contributed by atoms with E-state index in [1.165, 1.54) is 96.3 Å². The zero-order chi connectivity index (χ0) is 27.8. The summed E-state index contributed by atoms with van der Waals surface area (Å²) >= 11 is 0. The standard InChI is InChI=1S/C29H60NO7P/c1-4-5-6-7-8-9-10-11-12-13-14-15-16-17-18-19-23-35-27-29(33-3)28-37-38(31,32)36-26-22-30(2)20-24-34-25-21-30/h29H,4-28H2,1-3H3/p+1. The topological polar surface area (TPSA) is 83.5 Å². The van der Waals surface area contributed by atoms with Crippen molar-refractivity contribution in [1.29, 1.82) is 0 Å². The quantitative estimate of drug-likeness (QED) is 0.0658. The SMILES string of the molecule is CCCCCCCCCCCCCCCCCCOCC(COP(=O)(O)OCC[N+]1(C)CCOCC1)OC. The third-order valence-electron chi connectivity index (χ3n) is 7.64. The van der Waals surface area contributed by atoms with Crippen molar-refractivity contribution >= 4 is 7.82 Å². The van der Waals surface area contributed by atoms with Gasteiger partial charge in [0, 0.05) is 13.7 Å². The maximum atomic E-state index is 12.2. The van der Waals surface area contributed by atoms with Crippen LogP contribution in [0.3, 0.4) is 0 Å². The van der Waals surface area contributed by atoms with Gasteiger partial charge >= 0.3 is 7.82 Å². The number of phosphoric ester groups is 1. The summed E-state index contributed by atoms with van der Waals surface area (Å²) in [7, 11) is -0.454. The van der Waals surface area contributed by atoms with Gasteiger partial charge in [-0.3, -0.25) is 9.05 Å². The van der Waals surface area contributed by atoms with Crippen LogP contribution in [0.1, 0.15) is 110 Å². The molecule has 2 atom stereocenters. The molecule has 2 unspecified atom stereocenters. The average molecular weight is 567 g/mol. The third kappa shape index (κ3) is 20.8. The van der Waals surface area contributed by atoms with E-state index in [1.807, 2.05) is 0 Å². The molecule has 0 bridgehead atoms. The Hall–Kier alpha value is -0.0500. The summed E-state index contributed by atoms with van der Waals surface area (Å²) in [5.41, 5.74) is 0. The smallest absolute Gasteiger partial charge is 0.379 e. The monoisotopic (exact) mass is 566 g/mol. The molecule has 1 N–H and O–H groups in total. The highest BCUT2D eigenvalue weighted by atomic mass is 31.2. The first-order valence-corrected chi connectivity index (χ1v) is 17.0. The molecule has 0 aliphatic carbocycles. The molecule has 0 aromatic rings.